The molecule has 0 amide bonds. The van der Waals surface area contributed by atoms with E-state index in [9.17, 15) is 8.78 Å². The first kappa shape index (κ1) is 25.5. The highest BCUT2D eigenvalue weighted by Crippen LogP contribution is 2.35. The van der Waals surface area contributed by atoms with Gasteiger partial charge in [0.15, 0.2) is 0 Å². The number of halogens is 2. The highest BCUT2D eigenvalue weighted by atomic mass is 19.1. The number of anilines is 1. The molecule has 3 aromatic rings. The molecule has 7 heteroatoms. The van der Waals surface area contributed by atoms with E-state index >= 15 is 0 Å². The lowest BCUT2D eigenvalue weighted by Crippen LogP contribution is -2.35. The smallest absolute Gasteiger partial charge is 0.133 e. The first-order valence-electron chi connectivity index (χ1n) is 12.5. The lowest BCUT2D eigenvalue weighted by Gasteiger charge is -2.33. The van der Waals surface area contributed by atoms with Crippen molar-refractivity contribution in [1.82, 2.24) is 20.8 Å². The fraction of sp³-hybridized carbons (Fsp3) is 0.345. The average Bonchev–Trinajstić information content (AvgIpc) is 3.38. The molecule has 190 valence electrons. The topological polar surface area (TPSA) is 56.0 Å². The molecule has 0 bridgehead atoms. The predicted octanol–water partition coefficient (Wildman–Crippen LogP) is 6.06. The van der Waals surface area contributed by atoms with Crippen LogP contribution in [0.15, 0.2) is 67.4 Å². The van der Waals surface area contributed by atoms with Crippen molar-refractivity contribution in [3.8, 4) is 11.1 Å². The standard InChI is InChI=1S/C29H35F2N5/c1-19(2)15-32-20(3)7-8-22-10-23(12-26(30)11-22)16-33-21(4)36-9-5-6-24-13-27(25-17-34-35-18-25)28(31)14-29(24)36/h10-14,17-19,32-33H,3-9,15-16H2,1-2H3,(H,34,35). The van der Waals surface area contributed by atoms with Gasteiger partial charge in [-0.15, -0.1) is 0 Å². The van der Waals surface area contributed by atoms with Crippen molar-refractivity contribution >= 4 is 5.69 Å². The molecule has 36 heavy (non-hydrogen) atoms. The fourth-order valence-electron chi connectivity index (χ4n) is 4.50. The number of allylic oxidation sites excluding steroid dienone is 1. The van der Waals surface area contributed by atoms with Crippen LogP contribution in [0.3, 0.4) is 0 Å². The van der Waals surface area contributed by atoms with E-state index in [2.05, 4.69) is 47.8 Å². The van der Waals surface area contributed by atoms with Crippen molar-refractivity contribution < 1.29 is 8.78 Å². The zero-order valence-corrected chi connectivity index (χ0v) is 21.1. The first-order valence-corrected chi connectivity index (χ1v) is 12.5. The van der Waals surface area contributed by atoms with Gasteiger partial charge in [0.05, 0.1) is 12.0 Å². The molecular weight excluding hydrogens is 456 g/mol. The Morgan fingerprint density at radius 3 is 2.67 bits per heavy atom. The molecule has 5 nitrogen and oxygen atoms in total. The van der Waals surface area contributed by atoms with E-state index in [0.29, 0.717) is 30.3 Å². The molecule has 0 unspecified atom stereocenters. The summed E-state index contributed by atoms with van der Waals surface area (Å²) in [6.45, 7) is 14.6. The van der Waals surface area contributed by atoms with Crippen LogP contribution in [0.1, 0.15) is 43.4 Å². The maximum absolute atomic E-state index is 15.0. The number of aryl methyl sites for hydroxylation is 2. The monoisotopic (exact) mass is 491 g/mol. The largest absolute Gasteiger partial charge is 0.389 e. The number of nitrogens with one attached hydrogen (secondary N) is 3. The molecule has 3 N–H and O–H groups in total. The van der Waals surface area contributed by atoms with Gasteiger partial charge >= 0.3 is 0 Å². The number of rotatable bonds is 11. The van der Waals surface area contributed by atoms with E-state index in [1.54, 1.807) is 24.5 Å². The van der Waals surface area contributed by atoms with E-state index in [0.717, 1.165) is 66.0 Å². The Morgan fingerprint density at radius 2 is 1.92 bits per heavy atom. The van der Waals surface area contributed by atoms with Gasteiger partial charge in [0, 0.05) is 48.3 Å². The summed E-state index contributed by atoms with van der Waals surface area (Å²) in [5, 5.41) is 13.3. The van der Waals surface area contributed by atoms with Crippen molar-refractivity contribution in [1.29, 1.82) is 0 Å². The van der Waals surface area contributed by atoms with Gasteiger partial charge in [0.1, 0.15) is 11.6 Å². The molecular formula is C29H35F2N5. The SMILES string of the molecule is C=C(CCc1cc(F)cc(CNC(=C)N2CCCc3cc(-c4cn[nH]c4)c(F)cc32)c1)NCC(C)C. The third-order valence-corrected chi connectivity index (χ3v) is 6.41. The summed E-state index contributed by atoms with van der Waals surface area (Å²) in [7, 11) is 0. The van der Waals surface area contributed by atoms with E-state index < -0.39 is 0 Å². The Kier molecular flexibility index (Phi) is 8.08. The summed E-state index contributed by atoms with van der Waals surface area (Å²) in [6, 6.07) is 8.61. The second-order valence-corrected chi connectivity index (χ2v) is 9.85. The number of hydrogen-bond donors (Lipinski definition) is 3. The summed E-state index contributed by atoms with van der Waals surface area (Å²) in [5.74, 6) is 0.661. The molecule has 0 saturated carbocycles. The highest BCUT2D eigenvalue weighted by Gasteiger charge is 2.22. The van der Waals surface area contributed by atoms with Crippen molar-refractivity contribution in [2.45, 2.75) is 46.1 Å². The maximum atomic E-state index is 15.0. The summed E-state index contributed by atoms with van der Waals surface area (Å²) in [4.78, 5) is 2.01. The molecule has 2 aromatic carbocycles. The minimum Gasteiger partial charge on any atom is -0.389 e. The number of benzene rings is 2. The van der Waals surface area contributed by atoms with Gasteiger partial charge in [-0.05, 0) is 72.6 Å². The van der Waals surface area contributed by atoms with Crippen LogP contribution in [-0.2, 0) is 19.4 Å². The summed E-state index contributed by atoms with van der Waals surface area (Å²) in [6.07, 6.45) is 6.59. The van der Waals surface area contributed by atoms with E-state index in [1.807, 2.05) is 17.0 Å². The van der Waals surface area contributed by atoms with Gasteiger partial charge < -0.3 is 15.5 Å². The number of H-pyrrole nitrogens is 1. The van der Waals surface area contributed by atoms with Gasteiger partial charge in [-0.2, -0.15) is 5.10 Å². The summed E-state index contributed by atoms with van der Waals surface area (Å²) in [5.41, 5.74) is 5.89. The second-order valence-electron chi connectivity index (χ2n) is 9.85. The number of fused-ring (bicyclic) bond motifs is 1. The van der Waals surface area contributed by atoms with Gasteiger partial charge in [-0.25, -0.2) is 8.78 Å². The predicted molar refractivity (Wildman–Crippen MR) is 142 cm³/mol. The van der Waals surface area contributed by atoms with Gasteiger partial charge in [0.2, 0.25) is 0 Å². The molecule has 4 rings (SSSR count). The van der Waals surface area contributed by atoms with Crippen molar-refractivity contribution in [3.05, 3.63) is 95.7 Å². The van der Waals surface area contributed by atoms with Crippen LogP contribution in [0.2, 0.25) is 0 Å². The normalized spacial score (nSPS) is 13.0. The minimum absolute atomic E-state index is 0.257. The number of hydrogen-bond acceptors (Lipinski definition) is 4. The second kappa shape index (κ2) is 11.4. The Hall–Kier alpha value is -3.61. The number of nitrogens with zero attached hydrogens (tertiary/aromatic N) is 2. The molecule has 0 atom stereocenters. The fourth-order valence-corrected chi connectivity index (χ4v) is 4.50. The van der Waals surface area contributed by atoms with Crippen molar-refractivity contribution in [2.24, 2.45) is 5.92 Å². The maximum Gasteiger partial charge on any atom is 0.133 e. The van der Waals surface area contributed by atoms with Crippen LogP contribution in [0.25, 0.3) is 11.1 Å². The van der Waals surface area contributed by atoms with Crippen LogP contribution >= 0.6 is 0 Å². The third kappa shape index (κ3) is 6.33. The van der Waals surface area contributed by atoms with Crippen molar-refractivity contribution in [2.75, 3.05) is 18.0 Å². The lowest BCUT2D eigenvalue weighted by molar-refractivity contribution is 0.584. The average molecular weight is 492 g/mol. The van der Waals surface area contributed by atoms with E-state index in [-0.39, 0.29) is 11.6 Å². The van der Waals surface area contributed by atoms with Crippen LogP contribution in [0.5, 0.6) is 0 Å². The molecule has 0 spiro atoms. The first-order chi connectivity index (χ1) is 17.3. The minimum atomic E-state index is -0.297. The lowest BCUT2D eigenvalue weighted by atomic mass is 9.97. The molecule has 0 radical (unpaired) electrons. The number of aromatic nitrogens is 2. The van der Waals surface area contributed by atoms with Crippen LogP contribution < -0.4 is 15.5 Å². The van der Waals surface area contributed by atoms with Gasteiger partial charge in [0.25, 0.3) is 0 Å². The Labute approximate surface area is 212 Å². The number of aromatic amines is 1. The molecule has 1 aliphatic rings. The highest BCUT2D eigenvalue weighted by molar-refractivity contribution is 5.70. The molecule has 0 fully saturated rings. The van der Waals surface area contributed by atoms with Crippen LogP contribution in [0.4, 0.5) is 14.5 Å². The zero-order valence-electron chi connectivity index (χ0n) is 21.1. The van der Waals surface area contributed by atoms with E-state index in [4.69, 9.17) is 0 Å². The molecule has 2 heterocycles. The van der Waals surface area contributed by atoms with Gasteiger partial charge in [-0.3, -0.25) is 5.10 Å². The molecule has 0 saturated heterocycles. The Bertz CT molecular complexity index is 1220. The third-order valence-electron chi connectivity index (χ3n) is 6.41. The quantitative estimate of drug-likeness (QED) is 0.305. The molecule has 1 aromatic heterocycles. The molecule has 1 aliphatic heterocycles. The van der Waals surface area contributed by atoms with E-state index in [1.165, 1.54) is 6.07 Å². The Morgan fingerprint density at radius 1 is 1.11 bits per heavy atom. The Balaban J connectivity index is 1.40. The van der Waals surface area contributed by atoms with Crippen molar-refractivity contribution in [3.63, 3.8) is 0 Å². The van der Waals surface area contributed by atoms with Gasteiger partial charge in [-0.1, -0.05) is 33.1 Å². The van der Waals surface area contributed by atoms with Crippen LogP contribution in [0, 0.1) is 17.6 Å². The molecule has 0 aliphatic carbocycles. The zero-order chi connectivity index (χ0) is 25.7. The van der Waals surface area contributed by atoms with Crippen LogP contribution in [-0.4, -0.2) is 23.3 Å². The summed E-state index contributed by atoms with van der Waals surface area (Å²) >= 11 is 0. The summed E-state index contributed by atoms with van der Waals surface area (Å²) < 4.78 is 29.3.